The fourth-order valence-corrected chi connectivity index (χ4v) is 3.69. The molecule has 1 aromatic carbocycles. The van der Waals surface area contributed by atoms with Crippen LogP contribution in [0.2, 0.25) is 5.02 Å². The standard InChI is InChI=1S/C19H25ClN2O2/c1-2-11-21-17(23)14-7-12-22(13-8-14)18(24)19(9-10-19)15-3-5-16(20)6-4-15/h3-6,14H,2,7-13H2,1H3,(H,21,23). The lowest BCUT2D eigenvalue weighted by atomic mass is 9.91. The molecule has 2 aliphatic rings. The molecule has 4 nitrogen and oxygen atoms in total. The van der Waals surface area contributed by atoms with E-state index in [-0.39, 0.29) is 23.1 Å². The topological polar surface area (TPSA) is 49.4 Å². The fraction of sp³-hybridized carbons (Fsp3) is 0.579. The number of benzene rings is 1. The molecule has 2 fully saturated rings. The summed E-state index contributed by atoms with van der Waals surface area (Å²) in [5.41, 5.74) is 0.724. The summed E-state index contributed by atoms with van der Waals surface area (Å²) in [4.78, 5) is 27.0. The van der Waals surface area contributed by atoms with E-state index < -0.39 is 0 Å². The van der Waals surface area contributed by atoms with Crippen molar-refractivity contribution in [2.75, 3.05) is 19.6 Å². The predicted molar refractivity (Wildman–Crippen MR) is 95.0 cm³/mol. The van der Waals surface area contributed by atoms with Gasteiger partial charge in [0.15, 0.2) is 0 Å². The Hall–Kier alpha value is -1.55. The van der Waals surface area contributed by atoms with Gasteiger partial charge in [-0.25, -0.2) is 0 Å². The van der Waals surface area contributed by atoms with Crippen LogP contribution in [0.25, 0.3) is 0 Å². The van der Waals surface area contributed by atoms with Gasteiger partial charge in [-0.05, 0) is 49.8 Å². The number of halogens is 1. The van der Waals surface area contributed by atoms with Crippen LogP contribution >= 0.6 is 11.6 Å². The van der Waals surface area contributed by atoms with Crippen LogP contribution in [-0.4, -0.2) is 36.3 Å². The van der Waals surface area contributed by atoms with E-state index in [9.17, 15) is 9.59 Å². The highest BCUT2D eigenvalue weighted by Gasteiger charge is 2.53. The van der Waals surface area contributed by atoms with Gasteiger partial charge in [-0.2, -0.15) is 0 Å². The van der Waals surface area contributed by atoms with Gasteiger partial charge < -0.3 is 10.2 Å². The lowest BCUT2D eigenvalue weighted by molar-refractivity contribution is -0.137. The van der Waals surface area contributed by atoms with E-state index in [0.29, 0.717) is 18.1 Å². The Balaban J connectivity index is 1.59. The second kappa shape index (κ2) is 7.14. The van der Waals surface area contributed by atoms with Crippen molar-refractivity contribution < 1.29 is 9.59 Å². The van der Waals surface area contributed by atoms with Crippen LogP contribution in [0.5, 0.6) is 0 Å². The molecular formula is C19H25ClN2O2. The van der Waals surface area contributed by atoms with Crippen molar-refractivity contribution in [3.05, 3.63) is 34.9 Å². The number of hydrogen-bond acceptors (Lipinski definition) is 2. The van der Waals surface area contributed by atoms with Gasteiger partial charge in [-0.15, -0.1) is 0 Å². The van der Waals surface area contributed by atoms with Gasteiger partial charge in [-0.1, -0.05) is 30.7 Å². The molecule has 24 heavy (non-hydrogen) atoms. The Kier molecular flexibility index (Phi) is 5.14. The van der Waals surface area contributed by atoms with Crippen molar-refractivity contribution in [3.8, 4) is 0 Å². The minimum atomic E-state index is -0.345. The molecule has 2 amide bonds. The van der Waals surface area contributed by atoms with Gasteiger partial charge >= 0.3 is 0 Å². The summed E-state index contributed by atoms with van der Waals surface area (Å²) < 4.78 is 0. The zero-order valence-corrected chi connectivity index (χ0v) is 14.9. The number of hydrogen-bond donors (Lipinski definition) is 1. The number of nitrogens with zero attached hydrogens (tertiary/aromatic N) is 1. The number of carbonyl (C=O) groups is 2. The van der Waals surface area contributed by atoms with Crippen LogP contribution < -0.4 is 5.32 Å². The average Bonchev–Trinajstić information content (AvgIpc) is 3.41. The second-order valence-corrected chi connectivity index (χ2v) is 7.38. The molecule has 0 aromatic heterocycles. The van der Waals surface area contributed by atoms with E-state index in [1.165, 1.54) is 0 Å². The summed E-state index contributed by atoms with van der Waals surface area (Å²) >= 11 is 5.96. The third kappa shape index (κ3) is 3.44. The van der Waals surface area contributed by atoms with Crippen LogP contribution in [0.4, 0.5) is 0 Å². The third-order valence-corrected chi connectivity index (χ3v) is 5.51. The number of amides is 2. The Labute approximate surface area is 148 Å². The third-order valence-electron chi connectivity index (χ3n) is 5.26. The number of carbonyl (C=O) groups excluding carboxylic acids is 2. The molecule has 0 radical (unpaired) electrons. The monoisotopic (exact) mass is 348 g/mol. The van der Waals surface area contributed by atoms with Gasteiger partial charge in [0.2, 0.25) is 11.8 Å². The molecule has 1 N–H and O–H groups in total. The molecule has 1 aliphatic carbocycles. The SMILES string of the molecule is CCCNC(=O)C1CCN(C(=O)C2(c3ccc(Cl)cc3)CC2)CC1. The number of rotatable bonds is 5. The summed E-state index contributed by atoms with van der Waals surface area (Å²) in [6.07, 6.45) is 4.29. The highest BCUT2D eigenvalue weighted by atomic mass is 35.5. The molecule has 0 spiro atoms. The smallest absolute Gasteiger partial charge is 0.233 e. The van der Waals surface area contributed by atoms with E-state index in [0.717, 1.165) is 44.2 Å². The van der Waals surface area contributed by atoms with Gasteiger partial charge in [0.05, 0.1) is 5.41 Å². The normalized spacial score (nSPS) is 19.8. The summed E-state index contributed by atoms with van der Waals surface area (Å²) in [7, 11) is 0. The summed E-state index contributed by atoms with van der Waals surface area (Å²) in [6, 6.07) is 7.65. The lowest BCUT2D eigenvalue weighted by Gasteiger charge is -2.34. The second-order valence-electron chi connectivity index (χ2n) is 6.95. The number of nitrogens with one attached hydrogen (secondary N) is 1. The molecule has 1 aliphatic heterocycles. The highest BCUT2D eigenvalue weighted by molar-refractivity contribution is 6.30. The number of piperidine rings is 1. The van der Waals surface area contributed by atoms with Crippen molar-refractivity contribution in [3.63, 3.8) is 0 Å². The molecule has 0 unspecified atom stereocenters. The van der Waals surface area contributed by atoms with Crippen molar-refractivity contribution in [2.45, 2.75) is 44.4 Å². The van der Waals surface area contributed by atoms with E-state index >= 15 is 0 Å². The van der Waals surface area contributed by atoms with Gasteiger partial charge in [0, 0.05) is 30.6 Å². The Morgan fingerprint density at radius 2 is 1.83 bits per heavy atom. The molecule has 0 bridgehead atoms. The quantitative estimate of drug-likeness (QED) is 0.888. The molecule has 1 saturated heterocycles. The molecule has 1 aromatic rings. The zero-order valence-electron chi connectivity index (χ0n) is 14.2. The first kappa shape index (κ1) is 17.3. The first-order valence-corrected chi connectivity index (χ1v) is 9.28. The van der Waals surface area contributed by atoms with Crippen LogP contribution in [0.15, 0.2) is 24.3 Å². The van der Waals surface area contributed by atoms with Crippen molar-refractivity contribution >= 4 is 23.4 Å². The van der Waals surface area contributed by atoms with E-state index in [1.807, 2.05) is 36.1 Å². The molecule has 130 valence electrons. The van der Waals surface area contributed by atoms with Crippen LogP contribution in [0, 0.1) is 5.92 Å². The van der Waals surface area contributed by atoms with E-state index in [4.69, 9.17) is 11.6 Å². The molecule has 5 heteroatoms. The minimum absolute atomic E-state index is 0.0475. The van der Waals surface area contributed by atoms with Crippen LogP contribution in [0.3, 0.4) is 0 Å². The van der Waals surface area contributed by atoms with E-state index in [1.54, 1.807) is 0 Å². The molecule has 1 saturated carbocycles. The fourth-order valence-electron chi connectivity index (χ4n) is 3.56. The first-order valence-electron chi connectivity index (χ1n) is 8.90. The average molecular weight is 349 g/mol. The van der Waals surface area contributed by atoms with Crippen molar-refractivity contribution in [1.82, 2.24) is 10.2 Å². The van der Waals surface area contributed by atoms with Gasteiger partial charge in [-0.3, -0.25) is 9.59 Å². The van der Waals surface area contributed by atoms with Crippen LogP contribution in [0.1, 0.15) is 44.6 Å². The van der Waals surface area contributed by atoms with Crippen molar-refractivity contribution in [2.24, 2.45) is 5.92 Å². The van der Waals surface area contributed by atoms with Gasteiger partial charge in [0.1, 0.15) is 0 Å². The molecule has 1 heterocycles. The Morgan fingerprint density at radius 1 is 1.21 bits per heavy atom. The van der Waals surface area contributed by atoms with Gasteiger partial charge in [0.25, 0.3) is 0 Å². The summed E-state index contributed by atoms with van der Waals surface area (Å²) in [5.74, 6) is 0.409. The largest absolute Gasteiger partial charge is 0.356 e. The molecule has 3 rings (SSSR count). The first-order chi connectivity index (χ1) is 11.6. The van der Waals surface area contributed by atoms with Crippen LogP contribution in [-0.2, 0) is 15.0 Å². The molecular weight excluding hydrogens is 324 g/mol. The highest BCUT2D eigenvalue weighted by Crippen LogP contribution is 2.50. The predicted octanol–water partition coefficient (Wildman–Crippen LogP) is 3.14. The summed E-state index contributed by atoms with van der Waals surface area (Å²) in [5, 5.41) is 3.66. The van der Waals surface area contributed by atoms with Crippen molar-refractivity contribution in [1.29, 1.82) is 0 Å². The lowest BCUT2D eigenvalue weighted by Crippen LogP contribution is -2.46. The zero-order chi connectivity index (χ0) is 17.2. The summed E-state index contributed by atoms with van der Waals surface area (Å²) in [6.45, 7) is 4.14. The Bertz CT molecular complexity index is 602. The maximum absolute atomic E-state index is 13.0. The minimum Gasteiger partial charge on any atom is -0.356 e. The maximum atomic E-state index is 13.0. The van der Waals surface area contributed by atoms with E-state index in [2.05, 4.69) is 5.32 Å². The number of likely N-dealkylation sites (tertiary alicyclic amines) is 1. The molecule has 0 atom stereocenters. The maximum Gasteiger partial charge on any atom is 0.233 e. The Morgan fingerprint density at radius 3 is 2.38 bits per heavy atom.